The van der Waals surface area contributed by atoms with Crippen LogP contribution in [0, 0.1) is 11.6 Å². The minimum Gasteiger partial charge on any atom is -0.480 e. The van der Waals surface area contributed by atoms with Crippen molar-refractivity contribution in [3.8, 4) is 0 Å². The van der Waals surface area contributed by atoms with Gasteiger partial charge in [-0.2, -0.15) is 0 Å². The average molecular weight is 317 g/mol. The quantitative estimate of drug-likeness (QED) is 0.926. The molecule has 1 atom stereocenters. The predicted molar refractivity (Wildman–Crippen MR) is 77.8 cm³/mol. The number of fused-ring (bicyclic) bond motifs is 1. The van der Waals surface area contributed by atoms with E-state index in [1.165, 1.54) is 0 Å². The zero-order valence-corrected chi connectivity index (χ0v) is 12.0. The highest BCUT2D eigenvalue weighted by atomic mass is 19.1. The molecule has 3 rings (SSSR count). The van der Waals surface area contributed by atoms with Crippen molar-refractivity contribution in [2.75, 3.05) is 0 Å². The maximum absolute atomic E-state index is 13.8. The number of rotatable bonds is 2. The number of hydrogen-bond donors (Lipinski definition) is 1. The molecule has 1 amide bonds. The third-order valence-corrected chi connectivity index (χ3v) is 3.96. The predicted octanol–water partition coefficient (Wildman–Crippen LogP) is 2.62. The van der Waals surface area contributed by atoms with E-state index in [0.717, 1.165) is 28.2 Å². The first kappa shape index (κ1) is 15.1. The highest BCUT2D eigenvalue weighted by Crippen LogP contribution is 2.26. The Hall–Kier alpha value is -2.76. The Morgan fingerprint density at radius 1 is 1.09 bits per heavy atom. The fourth-order valence-electron chi connectivity index (χ4n) is 2.77. The van der Waals surface area contributed by atoms with Crippen LogP contribution in [0.5, 0.6) is 0 Å². The van der Waals surface area contributed by atoms with Gasteiger partial charge in [0, 0.05) is 19.0 Å². The summed E-state index contributed by atoms with van der Waals surface area (Å²) in [7, 11) is 0. The largest absolute Gasteiger partial charge is 0.480 e. The monoisotopic (exact) mass is 317 g/mol. The molecule has 23 heavy (non-hydrogen) atoms. The normalized spacial score (nSPS) is 16.8. The molecule has 1 aliphatic heterocycles. The molecule has 2 aromatic rings. The number of carboxylic acids is 1. The number of amides is 1. The van der Waals surface area contributed by atoms with Crippen LogP contribution < -0.4 is 0 Å². The third kappa shape index (κ3) is 2.79. The summed E-state index contributed by atoms with van der Waals surface area (Å²) >= 11 is 0. The SMILES string of the molecule is O=C(O)C1Cc2ccccc2CN1C(=O)c1ccc(F)cc1F. The van der Waals surface area contributed by atoms with Crippen molar-refractivity contribution < 1.29 is 23.5 Å². The lowest BCUT2D eigenvalue weighted by molar-refractivity contribution is -0.142. The minimum atomic E-state index is -1.16. The van der Waals surface area contributed by atoms with E-state index in [1.807, 2.05) is 6.07 Å². The van der Waals surface area contributed by atoms with Crippen LogP contribution in [-0.2, 0) is 17.8 Å². The highest BCUT2D eigenvalue weighted by molar-refractivity contribution is 5.97. The summed E-state index contributed by atoms with van der Waals surface area (Å²) in [5.74, 6) is -3.71. The molecule has 0 aromatic heterocycles. The van der Waals surface area contributed by atoms with Crippen molar-refractivity contribution in [2.45, 2.75) is 19.0 Å². The Labute approximate surface area is 131 Å². The zero-order chi connectivity index (χ0) is 16.6. The lowest BCUT2D eigenvalue weighted by atomic mass is 9.93. The average Bonchev–Trinajstić information content (AvgIpc) is 2.53. The molecule has 0 bridgehead atoms. The summed E-state index contributed by atoms with van der Waals surface area (Å²) in [6, 6.07) is 8.75. The summed E-state index contributed by atoms with van der Waals surface area (Å²) in [5.41, 5.74) is 1.33. The molecule has 6 heteroatoms. The summed E-state index contributed by atoms with van der Waals surface area (Å²) < 4.78 is 26.8. The van der Waals surface area contributed by atoms with Crippen LogP contribution in [0.1, 0.15) is 21.5 Å². The van der Waals surface area contributed by atoms with Crippen molar-refractivity contribution in [2.24, 2.45) is 0 Å². The van der Waals surface area contributed by atoms with E-state index in [9.17, 15) is 23.5 Å². The number of carbonyl (C=O) groups is 2. The molecule has 0 saturated heterocycles. The summed E-state index contributed by atoms with van der Waals surface area (Å²) in [6.07, 6.45) is 0.153. The molecule has 118 valence electrons. The fourth-order valence-corrected chi connectivity index (χ4v) is 2.77. The first-order chi connectivity index (χ1) is 11.0. The molecule has 1 unspecified atom stereocenters. The molecular formula is C17H13F2NO3. The maximum Gasteiger partial charge on any atom is 0.326 e. The summed E-state index contributed by atoms with van der Waals surface area (Å²) in [6.45, 7) is 0.0722. The van der Waals surface area contributed by atoms with Crippen molar-refractivity contribution in [1.29, 1.82) is 0 Å². The molecule has 4 nitrogen and oxygen atoms in total. The van der Waals surface area contributed by atoms with Crippen LogP contribution in [0.25, 0.3) is 0 Å². The van der Waals surface area contributed by atoms with Crippen molar-refractivity contribution in [3.63, 3.8) is 0 Å². The molecule has 0 saturated carbocycles. The molecule has 0 spiro atoms. The number of halogens is 2. The van der Waals surface area contributed by atoms with Gasteiger partial charge in [0.2, 0.25) is 0 Å². The number of carbonyl (C=O) groups excluding carboxylic acids is 1. The Kier molecular flexibility index (Phi) is 3.82. The summed E-state index contributed by atoms with van der Waals surface area (Å²) in [4.78, 5) is 25.2. The first-order valence-corrected chi connectivity index (χ1v) is 7.03. The van der Waals surface area contributed by atoms with Crippen LogP contribution >= 0.6 is 0 Å². The lowest BCUT2D eigenvalue weighted by Gasteiger charge is -2.34. The van der Waals surface area contributed by atoms with Gasteiger partial charge in [-0.3, -0.25) is 4.79 Å². The number of nitrogens with zero attached hydrogens (tertiary/aromatic N) is 1. The van der Waals surface area contributed by atoms with E-state index < -0.39 is 29.6 Å². The van der Waals surface area contributed by atoms with Crippen molar-refractivity contribution in [3.05, 3.63) is 70.8 Å². The van der Waals surface area contributed by atoms with E-state index in [-0.39, 0.29) is 18.5 Å². The second-order valence-corrected chi connectivity index (χ2v) is 5.38. The highest BCUT2D eigenvalue weighted by Gasteiger charge is 2.35. The third-order valence-electron chi connectivity index (χ3n) is 3.96. The Bertz CT molecular complexity index is 791. The van der Waals surface area contributed by atoms with E-state index in [1.54, 1.807) is 18.2 Å². The van der Waals surface area contributed by atoms with Gasteiger partial charge in [-0.05, 0) is 23.3 Å². The van der Waals surface area contributed by atoms with Crippen molar-refractivity contribution in [1.82, 2.24) is 4.90 Å². The fraction of sp³-hybridized carbons (Fsp3) is 0.176. The lowest BCUT2D eigenvalue weighted by Crippen LogP contribution is -2.48. The van der Waals surface area contributed by atoms with Gasteiger partial charge in [-0.25, -0.2) is 13.6 Å². The standard InChI is InChI=1S/C17H13F2NO3/c18-12-5-6-13(14(19)8-12)16(21)20-9-11-4-2-1-3-10(11)7-15(20)17(22)23/h1-6,8,15H,7,9H2,(H,22,23). The van der Waals surface area contributed by atoms with Crippen molar-refractivity contribution >= 4 is 11.9 Å². The van der Waals surface area contributed by atoms with Gasteiger partial charge in [0.05, 0.1) is 5.56 Å². The van der Waals surface area contributed by atoms with Gasteiger partial charge in [0.1, 0.15) is 17.7 Å². The number of aliphatic carboxylic acids is 1. The number of carboxylic acid groups (broad SMARTS) is 1. The van der Waals surface area contributed by atoms with E-state index >= 15 is 0 Å². The van der Waals surface area contributed by atoms with Gasteiger partial charge in [0.15, 0.2) is 0 Å². The molecular weight excluding hydrogens is 304 g/mol. The van der Waals surface area contributed by atoms with Crippen LogP contribution in [0.3, 0.4) is 0 Å². The second-order valence-electron chi connectivity index (χ2n) is 5.38. The summed E-state index contributed by atoms with van der Waals surface area (Å²) in [5, 5.41) is 9.40. The Morgan fingerprint density at radius 2 is 1.78 bits per heavy atom. The minimum absolute atomic E-state index is 0.0722. The molecule has 1 N–H and O–H groups in total. The van der Waals surface area contributed by atoms with Crippen LogP contribution in [-0.4, -0.2) is 27.9 Å². The zero-order valence-electron chi connectivity index (χ0n) is 12.0. The van der Waals surface area contributed by atoms with Crippen LogP contribution in [0.2, 0.25) is 0 Å². The van der Waals surface area contributed by atoms with Gasteiger partial charge in [-0.15, -0.1) is 0 Å². The van der Waals surface area contributed by atoms with Gasteiger partial charge >= 0.3 is 5.97 Å². The van der Waals surface area contributed by atoms with Crippen LogP contribution in [0.15, 0.2) is 42.5 Å². The number of benzene rings is 2. The topological polar surface area (TPSA) is 57.6 Å². The maximum atomic E-state index is 13.8. The first-order valence-electron chi connectivity index (χ1n) is 7.03. The van der Waals surface area contributed by atoms with E-state index in [4.69, 9.17) is 0 Å². The van der Waals surface area contributed by atoms with Crippen LogP contribution in [0.4, 0.5) is 8.78 Å². The molecule has 0 aliphatic carbocycles. The van der Waals surface area contributed by atoms with Gasteiger partial charge < -0.3 is 10.0 Å². The number of hydrogen-bond acceptors (Lipinski definition) is 2. The van der Waals surface area contributed by atoms with E-state index in [2.05, 4.69) is 0 Å². The Morgan fingerprint density at radius 3 is 2.43 bits per heavy atom. The van der Waals surface area contributed by atoms with Gasteiger partial charge in [-0.1, -0.05) is 24.3 Å². The molecule has 1 heterocycles. The van der Waals surface area contributed by atoms with E-state index in [0.29, 0.717) is 6.07 Å². The molecule has 0 radical (unpaired) electrons. The molecule has 2 aromatic carbocycles. The second kappa shape index (κ2) is 5.79. The molecule has 0 fully saturated rings. The Balaban J connectivity index is 1.99. The van der Waals surface area contributed by atoms with Gasteiger partial charge in [0.25, 0.3) is 5.91 Å². The molecule has 1 aliphatic rings. The smallest absolute Gasteiger partial charge is 0.326 e.